The SMILES string of the molecule is CCCCn1c(=O)c2ccc(OCC(C)(C)O)cc2c2cc(C(O)(C(F)(F)F)C(F)(F)F)ccc21. The molecule has 35 heavy (non-hydrogen) atoms. The molecule has 0 aliphatic carbocycles. The number of unbranched alkanes of at least 4 members (excludes halogenated alkanes) is 1. The van der Waals surface area contributed by atoms with Crippen LogP contribution < -0.4 is 10.3 Å². The highest BCUT2D eigenvalue weighted by molar-refractivity contribution is 6.06. The maximum Gasteiger partial charge on any atom is 0.430 e. The molecule has 0 bridgehead atoms. The summed E-state index contributed by atoms with van der Waals surface area (Å²) in [4.78, 5) is 13.1. The van der Waals surface area contributed by atoms with Gasteiger partial charge in [0.2, 0.25) is 0 Å². The number of aromatic nitrogens is 1. The number of pyridine rings is 1. The Kier molecular flexibility index (Phi) is 6.91. The van der Waals surface area contributed by atoms with Gasteiger partial charge in [-0.15, -0.1) is 0 Å². The van der Waals surface area contributed by atoms with Crippen LogP contribution in [0.3, 0.4) is 0 Å². The van der Waals surface area contributed by atoms with Gasteiger partial charge < -0.3 is 19.5 Å². The average Bonchev–Trinajstić information content (AvgIpc) is 2.74. The van der Waals surface area contributed by atoms with E-state index < -0.39 is 34.7 Å². The molecule has 1 aromatic heterocycles. The van der Waals surface area contributed by atoms with E-state index in [-0.39, 0.29) is 40.6 Å². The first-order valence-electron chi connectivity index (χ1n) is 10.8. The number of hydrogen-bond acceptors (Lipinski definition) is 4. The Balaban J connectivity index is 2.38. The number of aliphatic hydroxyl groups is 2. The molecule has 0 radical (unpaired) electrons. The molecule has 0 aliphatic rings. The molecule has 0 fully saturated rings. The van der Waals surface area contributed by atoms with Crippen molar-refractivity contribution in [1.29, 1.82) is 0 Å². The van der Waals surface area contributed by atoms with E-state index in [1.54, 1.807) is 0 Å². The Morgan fingerprint density at radius 3 is 2.06 bits per heavy atom. The van der Waals surface area contributed by atoms with Crippen molar-refractivity contribution in [2.24, 2.45) is 0 Å². The summed E-state index contributed by atoms with van der Waals surface area (Å²) in [7, 11) is 0. The van der Waals surface area contributed by atoms with Crippen LogP contribution in [0.2, 0.25) is 0 Å². The third-order valence-electron chi connectivity index (χ3n) is 5.61. The van der Waals surface area contributed by atoms with Crippen LogP contribution >= 0.6 is 0 Å². The molecule has 2 aromatic carbocycles. The summed E-state index contributed by atoms with van der Waals surface area (Å²) in [6.45, 7) is 4.87. The van der Waals surface area contributed by atoms with Crippen molar-refractivity contribution in [1.82, 2.24) is 4.57 Å². The Bertz CT molecular complexity index is 1270. The van der Waals surface area contributed by atoms with Gasteiger partial charge >= 0.3 is 12.4 Å². The quantitative estimate of drug-likeness (QED) is 0.333. The van der Waals surface area contributed by atoms with Gasteiger partial charge in [-0.25, -0.2) is 0 Å². The van der Waals surface area contributed by atoms with Crippen molar-refractivity contribution in [3.05, 3.63) is 52.3 Å². The van der Waals surface area contributed by atoms with Crippen LogP contribution in [-0.4, -0.2) is 39.3 Å². The first-order valence-corrected chi connectivity index (χ1v) is 10.8. The fourth-order valence-electron chi connectivity index (χ4n) is 3.78. The lowest BCUT2D eigenvalue weighted by molar-refractivity contribution is -0.376. The number of nitrogens with zero attached hydrogens (tertiary/aromatic N) is 1. The molecule has 5 nitrogen and oxygen atoms in total. The summed E-state index contributed by atoms with van der Waals surface area (Å²) >= 11 is 0. The number of ether oxygens (including phenoxy) is 1. The molecule has 0 saturated carbocycles. The van der Waals surface area contributed by atoms with Crippen LogP contribution in [0.15, 0.2) is 41.2 Å². The zero-order valence-corrected chi connectivity index (χ0v) is 19.2. The van der Waals surface area contributed by atoms with Gasteiger partial charge in [0.15, 0.2) is 0 Å². The second-order valence-electron chi connectivity index (χ2n) is 9.06. The average molecular weight is 505 g/mol. The van der Waals surface area contributed by atoms with Crippen LogP contribution in [0, 0.1) is 0 Å². The van der Waals surface area contributed by atoms with Crippen molar-refractivity contribution in [3.63, 3.8) is 0 Å². The standard InChI is InChI=1S/C24H25F6NO4/c1-4-5-10-31-19-9-6-14(22(34,23(25,26)27)24(28,29)30)11-18(19)17-12-15(35-13-21(2,3)33)7-8-16(17)20(31)32/h6-9,11-12,33-34H,4-5,10,13H2,1-3H3. The van der Waals surface area contributed by atoms with Crippen LogP contribution in [0.5, 0.6) is 5.75 Å². The maximum absolute atomic E-state index is 13.5. The summed E-state index contributed by atoms with van der Waals surface area (Å²) in [5.41, 5.74) is -8.10. The number of rotatable bonds is 7. The van der Waals surface area contributed by atoms with Crippen LogP contribution in [-0.2, 0) is 12.1 Å². The van der Waals surface area contributed by atoms with E-state index in [1.807, 2.05) is 6.92 Å². The zero-order chi connectivity index (χ0) is 26.4. The molecule has 0 unspecified atom stereocenters. The molecule has 1 heterocycles. The predicted octanol–water partition coefficient (Wildman–Crippen LogP) is 5.42. The third-order valence-corrected chi connectivity index (χ3v) is 5.61. The number of hydrogen-bond donors (Lipinski definition) is 2. The lowest BCUT2D eigenvalue weighted by Gasteiger charge is -2.33. The summed E-state index contributed by atoms with van der Waals surface area (Å²) < 4.78 is 87.9. The second kappa shape index (κ2) is 9.02. The van der Waals surface area contributed by atoms with Crippen LogP contribution in [0.1, 0.15) is 39.2 Å². The minimum atomic E-state index is -6.05. The Hall–Kier alpha value is -2.79. The van der Waals surface area contributed by atoms with E-state index in [0.717, 1.165) is 6.07 Å². The molecule has 0 atom stereocenters. The summed E-state index contributed by atoms with van der Waals surface area (Å²) in [5, 5.41) is 19.8. The van der Waals surface area contributed by atoms with Gasteiger partial charge in [0.1, 0.15) is 12.4 Å². The van der Waals surface area contributed by atoms with E-state index in [0.29, 0.717) is 25.0 Å². The third kappa shape index (κ3) is 4.97. The monoisotopic (exact) mass is 505 g/mol. The van der Waals surface area contributed by atoms with E-state index in [9.17, 15) is 41.4 Å². The van der Waals surface area contributed by atoms with Crippen molar-refractivity contribution >= 4 is 21.7 Å². The molecule has 192 valence electrons. The van der Waals surface area contributed by atoms with Crippen molar-refractivity contribution in [2.75, 3.05) is 6.61 Å². The largest absolute Gasteiger partial charge is 0.491 e. The number of halogens is 6. The van der Waals surface area contributed by atoms with E-state index in [2.05, 4.69) is 0 Å². The van der Waals surface area contributed by atoms with Crippen molar-refractivity contribution < 1.29 is 41.3 Å². The van der Waals surface area contributed by atoms with E-state index in [4.69, 9.17) is 4.74 Å². The van der Waals surface area contributed by atoms with Gasteiger partial charge in [0.25, 0.3) is 11.2 Å². The minimum Gasteiger partial charge on any atom is -0.491 e. The molecule has 0 aliphatic heterocycles. The second-order valence-corrected chi connectivity index (χ2v) is 9.06. The molecule has 3 rings (SSSR count). The minimum absolute atomic E-state index is 0.0551. The fourth-order valence-corrected chi connectivity index (χ4v) is 3.78. The Morgan fingerprint density at radius 1 is 0.886 bits per heavy atom. The molecule has 0 amide bonds. The number of aryl methyl sites for hydroxylation is 1. The molecule has 11 heteroatoms. The van der Waals surface area contributed by atoms with Gasteiger partial charge in [0.05, 0.1) is 11.1 Å². The zero-order valence-electron chi connectivity index (χ0n) is 19.2. The number of alkyl halides is 6. The molecule has 0 saturated heterocycles. The van der Waals surface area contributed by atoms with Gasteiger partial charge in [-0.3, -0.25) is 4.79 Å². The van der Waals surface area contributed by atoms with Crippen LogP contribution in [0.25, 0.3) is 21.7 Å². The molecule has 0 spiro atoms. The van der Waals surface area contributed by atoms with Crippen LogP contribution in [0.4, 0.5) is 26.3 Å². The highest BCUT2D eigenvalue weighted by Gasteiger charge is 2.71. The van der Waals surface area contributed by atoms with E-state index >= 15 is 0 Å². The normalized spacial score (nSPS) is 13.6. The topological polar surface area (TPSA) is 71.7 Å². The summed E-state index contributed by atoms with van der Waals surface area (Å²) in [6.07, 6.45) is -10.9. The number of fused-ring (bicyclic) bond motifs is 3. The summed E-state index contributed by atoms with van der Waals surface area (Å²) in [5.74, 6) is 0.152. The molecule has 3 aromatic rings. The van der Waals surface area contributed by atoms with Crippen molar-refractivity contribution in [2.45, 2.75) is 63.7 Å². The fraction of sp³-hybridized carbons (Fsp3) is 0.458. The smallest absolute Gasteiger partial charge is 0.430 e. The first kappa shape index (κ1) is 26.8. The Labute approximate surface area is 196 Å². The molecular weight excluding hydrogens is 480 g/mol. The Morgan fingerprint density at radius 2 is 1.51 bits per heavy atom. The van der Waals surface area contributed by atoms with Crippen molar-refractivity contribution in [3.8, 4) is 5.75 Å². The molecular formula is C24H25F6NO4. The van der Waals surface area contributed by atoms with Gasteiger partial charge in [-0.05, 0) is 50.6 Å². The predicted molar refractivity (Wildman–Crippen MR) is 118 cm³/mol. The maximum atomic E-state index is 13.5. The lowest BCUT2D eigenvalue weighted by atomic mass is 9.90. The lowest BCUT2D eigenvalue weighted by Crippen LogP contribution is -2.53. The van der Waals surface area contributed by atoms with Gasteiger partial charge in [-0.1, -0.05) is 19.4 Å². The van der Waals surface area contributed by atoms with Gasteiger partial charge in [-0.2, -0.15) is 26.3 Å². The summed E-state index contributed by atoms with van der Waals surface area (Å²) in [6, 6.07) is 6.24. The van der Waals surface area contributed by atoms with E-state index in [1.165, 1.54) is 36.6 Å². The highest BCUT2D eigenvalue weighted by Crippen LogP contribution is 2.50. The van der Waals surface area contributed by atoms with Gasteiger partial charge in [0, 0.05) is 28.3 Å². The highest BCUT2D eigenvalue weighted by atomic mass is 19.4. The first-order chi connectivity index (χ1) is 16.0. The number of benzene rings is 2. The molecule has 2 N–H and O–H groups in total.